The van der Waals surface area contributed by atoms with Crippen molar-refractivity contribution in [2.45, 2.75) is 6.61 Å². The van der Waals surface area contributed by atoms with Crippen LogP contribution in [0.2, 0.25) is 0 Å². The molecule has 0 aliphatic rings. The van der Waals surface area contributed by atoms with Crippen molar-refractivity contribution in [2.75, 3.05) is 7.11 Å². The molecule has 1 aromatic carbocycles. The highest BCUT2D eigenvalue weighted by molar-refractivity contribution is 5.43. The first kappa shape index (κ1) is 11.9. The highest BCUT2D eigenvalue weighted by atomic mass is 16.5. The number of methoxy groups -OCH3 is 1. The van der Waals surface area contributed by atoms with Crippen LogP contribution in [-0.4, -0.2) is 22.1 Å². The summed E-state index contributed by atoms with van der Waals surface area (Å²) in [6, 6.07) is 7.07. The normalized spacial score (nSPS) is 9.83. The minimum absolute atomic E-state index is 0.297. The summed E-state index contributed by atoms with van der Waals surface area (Å²) in [5.74, 6) is 1.15. The maximum Gasteiger partial charge on any atom is 0.134 e. The largest absolute Gasteiger partial charge is 0.497 e. The quantitative estimate of drug-likeness (QED) is 0.809. The molecule has 0 fully saturated rings. The van der Waals surface area contributed by atoms with Crippen LogP contribution in [-0.2, 0) is 13.7 Å². The lowest BCUT2D eigenvalue weighted by Gasteiger charge is -2.06. The van der Waals surface area contributed by atoms with E-state index in [-0.39, 0.29) is 0 Å². The molecule has 1 heterocycles. The Morgan fingerprint density at radius 1 is 1.33 bits per heavy atom. The molecule has 0 saturated carbocycles. The third-order valence-electron chi connectivity index (χ3n) is 2.28. The molecule has 92 valence electrons. The number of aryl methyl sites for hydroxylation is 1. The zero-order valence-corrected chi connectivity index (χ0v) is 10.1. The van der Waals surface area contributed by atoms with Crippen molar-refractivity contribution in [1.29, 1.82) is 5.26 Å². The van der Waals surface area contributed by atoms with E-state index in [1.807, 2.05) is 0 Å². The molecule has 0 aliphatic heterocycles. The fourth-order valence-electron chi connectivity index (χ4n) is 1.45. The predicted octanol–water partition coefficient (Wildman–Crippen LogP) is 1.27. The van der Waals surface area contributed by atoms with Crippen molar-refractivity contribution < 1.29 is 9.47 Å². The molecule has 0 saturated heterocycles. The van der Waals surface area contributed by atoms with Gasteiger partial charge in [-0.05, 0) is 12.1 Å². The molecule has 0 N–H and O–H groups in total. The van der Waals surface area contributed by atoms with Crippen molar-refractivity contribution in [1.82, 2.24) is 15.0 Å². The molecule has 0 radical (unpaired) electrons. The number of nitrogens with zero attached hydrogens (tertiary/aromatic N) is 4. The number of aromatic nitrogens is 3. The van der Waals surface area contributed by atoms with E-state index in [9.17, 15) is 0 Å². The molecular formula is C12H12N4O2. The van der Waals surface area contributed by atoms with E-state index >= 15 is 0 Å². The summed E-state index contributed by atoms with van der Waals surface area (Å²) in [6.07, 6.45) is 1.63. The van der Waals surface area contributed by atoms with Crippen LogP contribution in [0, 0.1) is 11.3 Å². The number of hydrogen-bond donors (Lipinski definition) is 0. The highest BCUT2D eigenvalue weighted by Crippen LogP contribution is 2.22. The first-order chi connectivity index (χ1) is 8.71. The lowest BCUT2D eigenvalue weighted by Crippen LogP contribution is -1.99. The van der Waals surface area contributed by atoms with Crippen LogP contribution < -0.4 is 9.47 Å². The molecule has 0 atom stereocenters. The molecule has 18 heavy (non-hydrogen) atoms. The molecule has 2 rings (SSSR count). The molecule has 6 nitrogen and oxygen atoms in total. The van der Waals surface area contributed by atoms with Gasteiger partial charge in [-0.25, -0.2) is 0 Å². The molecular weight excluding hydrogens is 232 g/mol. The van der Waals surface area contributed by atoms with Gasteiger partial charge in [-0.15, -0.1) is 0 Å². The van der Waals surface area contributed by atoms with Crippen LogP contribution in [0.4, 0.5) is 0 Å². The van der Waals surface area contributed by atoms with Crippen LogP contribution in [0.25, 0.3) is 0 Å². The van der Waals surface area contributed by atoms with Gasteiger partial charge in [0.15, 0.2) is 0 Å². The summed E-state index contributed by atoms with van der Waals surface area (Å²) >= 11 is 0. The third kappa shape index (κ3) is 2.77. The lowest BCUT2D eigenvalue weighted by atomic mass is 10.2. The van der Waals surface area contributed by atoms with Crippen molar-refractivity contribution in [3.05, 3.63) is 35.7 Å². The van der Waals surface area contributed by atoms with E-state index in [4.69, 9.17) is 14.7 Å². The van der Waals surface area contributed by atoms with E-state index in [1.165, 1.54) is 4.80 Å². The lowest BCUT2D eigenvalue weighted by molar-refractivity contribution is 0.297. The molecule has 0 aliphatic carbocycles. The number of hydrogen-bond acceptors (Lipinski definition) is 5. The summed E-state index contributed by atoms with van der Waals surface area (Å²) < 4.78 is 10.6. The Bertz CT molecular complexity index is 586. The Kier molecular flexibility index (Phi) is 3.44. The molecule has 0 unspecified atom stereocenters. The van der Waals surface area contributed by atoms with Gasteiger partial charge >= 0.3 is 0 Å². The van der Waals surface area contributed by atoms with Gasteiger partial charge in [-0.1, -0.05) is 0 Å². The van der Waals surface area contributed by atoms with Crippen LogP contribution >= 0.6 is 0 Å². The van der Waals surface area contributed by atoms with Crippen molar-refractivity contribution in [3.63, 3.8) is 0 Å². The highest BCUT2D eigenvalue weighted by Gasteiger charge is 2.04. The number of rotatable bonds is 4. The second-order valence-corrected chi connectivity index (χ2v) is 3.62. The smallest absolute Gasteiger partial charge is 0.134 e. The Morgan fingerprint density at radius 3 is 2.72 bits per heavy atom. The molecule has 6 heteroatoms. The zero-order valence-electron chi connectivity index (χ0n) is 10.1. The first-order valence-corrected chi connectivity index (χ1v) is 5.28. The average molecular weight is 244 g/mol. The minimum atomic E-state index is 0.297. The van der Waals surface area contributed by atoms with E-state index in [0.29, 0.717) is 23.7 Å². The van der Waals surface area contributed by atoms with Gasteiger partial charge in [0.1, 0.15) is 23.8 Å². The summed E-state index contributed by atoms with van der Waals surface area (Å²) in [6.45, 7) is 0.297. The summed E-state index contributed by atoms with van der Waals surface area (Å²) in [5.41, 5.74) is 1.21. The average Bonchev–Trinajstić information content (AvgIpc) is 2.81. The summed E-state index contributed by atoms with van der Waals surface area (Å²) in [4.78, 5) is 1.46. The first-order valence-electron chi connectivity index (χ1n) is 5.28. The molecule has 0 amide bonds. The van der Waals surface area contributed by atoms with Gasteiger partial charge in [0, 0.05) is 13.1 Å². The van der Waals surface area contributed by atoms with Gasteiger partial charge in [0.25, 0.3) is 0 Å². The number of nitriles is 1. The second-order valence-electron chi connectivity index (χ2n) is 3.62. The van der Waals surface area contributed by atoms with Crippen LogP contribution in [0.3, 0.4) is 0 Å². The Balaban J connectivity index is 2.11. The van der Waals surface area contributed by atoms with E-state index in [1.54, 1.807) is 38.6 Å². The van der Waals surface area contributed by atoms with Crippen molar-refractivity contribution >= 4 is 0 Å². The number of ether oxygens (including phenoxy) is 2. The molecule has 2 aromatic rings. The fourth-order valence-corrected chi connectivity index (χ4v) is 1.45. The molecule has 0 bridgehead atoms. The Hall–Kier alpha value is -2.55. The van der Waals surface area contributed by atoms with Crippen LogP contribution in [0.1, 0.15) is 11.3 Å². The number of benzene rings is 1. The van der Waals surface area contributed by atoms with Crippen molar-refractivity contribution in [3.8, 4) is 17.6 Å². The topological polar surface area (TPSA) is 73.0 Å². The molecule has 1 aromatic heterocycles. The van der Waals surface area contributed by atoms with E-state index in [0.717, 1.165) is 5.69 Å². The Labute approximate surface area is 104 Å². The SMILES string of the molecule is COc1cc(C#N)cc(OCc2cnn(C)n2)c1. The monoisotopic (exact) mass is 244 g/mol. The van der Waals surface area contributed by atoms with Gasteiger partial charge in [-0.3, -0.25) is 0 Å². The summed E-state index contributed by atoms with van der Waals surface area (Å²) in [5, 5.41) is 16.9. The van der Waals surface area contributed by atoms with Crippen molar-refractivity contribution in [2.24, 2.45) is 7.05 Å². The van der Waals surface area contributed by atoms with Gasteiger partial charge in [0.2, 0.25) is 0 Å². The predicted molar refractivity (Wildman–Crippen MR) is 63.0 cm³/mol. The van der Waals surface area contributed by atoms with Gasteiger partial charge in [-0.2, -0.15) is 20.3 Å². The standard InChI is InChI=1S/C12H12N4O2/c1-16-14-7-10(15-16)8-18-12-4-9(6-13)3-11(5-12)17-2/h3-5,7H,8H2,1-2H3. The van der Waals surface area contributed by atoms with Gasteiger partial charge in [0.05, 0.1) is 24.9 Å². The maximum absolute atomic E-state index is 8.88. The second kappa shape index (κ2) is 5.19. The van der Waals surface area contributed by atoms with Gasteiger partial charge < -0.3 is 9.47 Å². The Morgan fingerprint density at radius 2 is 2.11 bits per heavy atom. The molecule has 0 spiro atoms. The van der Waals surface area contributed by atoms with E-state index in [2.05, 4.69) is 16.3 Å². The minimum Gasteiger partial charge on any atom is -0.497 e. The van der Waals surface area contributed by atoms with Crippen LogP contribution in [0.5, 0.6) is 11.5 Å². The summed E-state index contributed by atoms with van der Waals surface area (Å²) in [7, 11) is 3.28. The fraction of sp³-hybridized carbons (Fsp3) is 0.250. The zero-order chi connectivity index (χ0) is 13.0. The maximum atomic E-state index is 8.88. The third-order valence-corrected chi connectivity index (χ3v) is 2.28. The van der Waals surface area contributed by atoms with Crippen LogP contribution in [0.15, 0.2) is 24.4 Å². The van der Waals surface area contributed by atoms with E-state index < -0.39 is 0 Å².